The fourth-order valence-electron chi connectivity index (χ4n) is 4.80. The number of fused-ring (bicyclic) bond motifs is 1. The van der Waals surface area contributed by atoms with Gasteiger partial charge in [-0.3, -0.25) is 0 Å². The molecule has 5 rings (SSSR count). The number of aromatic nitrogens is 3. The smallest absolute Gasteiger partial charge is 0.229 e. The van der Waals surface area contributed by atoms with Crippen LogP contribution in [0.1, 0.15) is 61.8 Å². The summed E-state index contributed by atoms with van der Waals surface area (Å²) >= 11 is 0. The van der Waals surface area contributed by atoms with Gasteiger partial charge >= 0.3 is 0 Å². The molecule has 0 spiro atoms. The third kappa shape index (κ3) is 5.88. The van der Waals surface area contributed by atoms with Gasteiger partial charge in [-0.05, 0) is 48.6 Å². The average Bonchev–Trinajstić information content (AvgIpc) is 2.88. The van der Waals surface area contributed by atoms with Crippen LogP contribution in [-0.4, -0.2) is 21.0 Å². The molecule has 1 unspecified atom stereocenters. The molecule has 0 amide bonds. The molecule has 35 heavy (non-hydrogen) atoms. The Balaban J connectivity index is 1.38. The SMILES string of the molecule is Cc1ccc(CNc2nc(NC3CCCCC3)nc(NC(C)c3cccc4ccccc34)n2)cc1. The lowest BCUT2D eigenvalue weighted by molar-refractivity contribution is 0.461. The quantitative estimate of drug-likeness (QED) is 0.263. The van der Waals surface area contributed by atoms with E-state index in [4.69, 9.17) is 15.0 Å². The van der Waals surface area contributed by atoms with Gasteiger partial charge in [0.15, 0.2) is 0 Å². The Labute approximate surface area is 207 Å². The second-order valence-corrected chi connectivity index (χ2v) is 9.56. The van der Waals surface area contributed by atoms with Crippen molar-refractivity contribution in [3.05, 3.63) is 83.4 Å². The summed E-state index contributed by atoms with van der Waals surface area (Å²) in [5, 5.41) is 13.0. The van der Waals surface area contributed by atoms with E-state index in [2.05, 4.69) is 96.5 Å². The predicted molar refractivity (Wildman–Crippen MR) is 145 cm³/mol. The summed E-state index contributed by atoms with van der Waals surface area (Å²) in [6.45, 7) is 4.91. The van der Waals surface area contributed by atoms with Crippen LogP contribution >= 0.6 is 0 Å². The first kappa shape index (κ1) is 23.1. The summed E-state index contributed by atoms with van der Waals surface area (Å²) in [7, 11) is 0. The van der Waals surface area contributed by atoms with E-state index in [1.54, 1.807) is 0 Å². The Hall–Kier alpha value is -3.67. The fraction of sp³-hybridized carbons (Fsp3) is 0.345. The number of nitrogens with one attached hydrogen (secondary N) is 3. The molecule has 6 heteroatoms. The lowest BCUT2D eigenvalue weighted by atomic mass is 9.96. The molecule has 3 N–H and O–H groups in total. The van der Waals surface area contributed by atoms with Gasteiger partial charge in [0.25, 0.3) is 0 Å². The Morgan fingerprint density at radius 3 is 2.34 bits per heavy atom. The number of anilines is 3. The highest BCUT2D eigenvalue weighted by atomic mass is 15.3. The third-order valence-electron chi connectivity index (χ3n) is 6.78. The van der Waals surface area contributed by atoms with E-state index >= 15 is 0 Å². The molecule has 1 aliphatic carbocycles. The van der Waals surface area contributed by atoms with Gasteiger partial charge in [0.05, 0.1) is 6.04 Å². The summed E-state index contributed by atoms with van der Waals surface area (Å²) in [6, 6.07) is 23.9. The molecule has 1 aliphatic rings. The normalized spacial score (nSPS) is 15.0. The van der Waals surface area contributed by atoms with Gasteiger partial charge in [0, 0.05) is 12.6 Å². The van der Waals surface area contributed by atoms with Crippen molar-refractivity contribution in [3.8, 4) is 0 Å². The summed E-state index contributed by atoms with van der Waals surface area (Å²) in [6.07, 6.45) is 6.14. The number of hydrogen-bond donors (Lipinski definition) is 3. The molecule has 0 bridgehead atoms. The van der Waals surface area contributed by atoms with Crippen molar-refractivity contribution >= 4 is 28.6 Å². The Kier molecular flexibility index (Phi) is 7.07. The van der Waals surface area contributed by atoms with Crippen LogP contribution in [0.4, 0.5) is 17.8 Å². The van der Waals surface area contributed by atoms with Crippen LogP contribution in [0.5, 0.6) is 0 Å². The molecule has 0 radical (unpaired) electrons. The van der Waals surface area contributed by atoms with Crippen LogP contribution in [0.3, 0.4) is 0 Å². The van der Waals surface area contributed by atoms with Crippen molar-refractivity contribution in [2.45, 2.75) is 64.6 Å². The molecule has 1 atom stereocenters. The molecule has 1 fully saturated rings. The lowest BCUT2D eigenvalue weighted by Gasteiger charge is -2.23. The van der Waals surface area contributed by atoms with E-state index in [9.17, 15) is 0 Å². The first-order valence-corrected chi connectivity index (χ1v) is 12.7. The first-order chi connectivity index (χ1) is 17.1. The highest BCUT2D eigenvalue weighted by molar-refractivity contribution is 5.86. The second kappa shape index (κ2) is 10.7. The van der Waals surface area contributed by atoms with Crippen molar-refractivity contribution in [1.29, 1.82) is 0 Å². The highest BCUT2D eigenvalue weighted by Crippen LogP contribution is 2.27. The zero-order chi connectivity index (χ0) is 24.0. The van der Waals surface area contributed by atoms with Crippen LogP contribution in [0.15, 0.2) is 66.7 Å². The minimum Gasteiger partial charge on any atom is -0.351 e. The summed E-state index contributed by atoms with van der Waals surface area (Å²) in [5.74, 6) is 1.78. The van der Waals surface area contributed by atoms with Gasteiger partial charge in [-0.25, -0.2) is 0 Å². The minimum absolute atomic E-state index is 0.0379. The Bertz CT molecular complexity index is 1260. The maximum Gasteiger partial charge on any atom is 0.229 e. The van der Waals surface area contributed by atoms with Gasteiger partial charge in [0.2, 0.25) is 17.8 Å². The zero-order valence-electron chi connectivity index (χ0n) is 20.6. The summed E-state index contributed by atoms with van der Waals surface area (Å²) < 4.78 is 0. The molecule has 180 valence electrons. The summed E-state index contributed by atoms with van der Waals surface area (Å²) in [5.41, 5.74) is 3.66. The molecule has 6 nitrogen and oxygen atoms in total. The van der Waals surface area contributed by atoms with Crippen molar-refractivity contribution in [1.82, 2.24) is 15.0 Å². The van der Waals surface area contributed by atoms with E-state index in [0.29, 0.717) is 30.4 Å². The van der Waals surface area contributed by atoms with Gasteiger partial charge in [0.1, 0.15) is 0 Å². The van der Waals surface area contributed by atoms with Gasteiger partial charge < -0.3 is 16.0 Å². The topological polar surface area (TPSA) is 74.8 Å². The average molecular weight is 467 g/mol. The van der Waals surface area contributed by atoms with Crippen molar-refractivity contribution < 1.29 is 0 Å². The van der Waals surface area contributed by atoms with Crippen LogP contribution < -0.4 is 16.0 Å². The molecule has 3 aromatic carbocycles. The minimum atomic E-state index is 0.0379. The van der Waals surface area contributed by atoms with E-state index in [-0.39, 0.29) is 6.04 Å². The van der Waals surface area contributed by atoms with E-state index in [1.807, 2.05) is 0 Å². The molecule has 1 heterocycles. The van der Waals surface area contributed by atoms with Gasteiger partial charge in [-0.1, -0.05) is 91.6 Å². The zero-order valence-corrected chi connectivity index (χ0v) is 20.6. The summed E-state index contributed by atoms with van der Waals surface area (Å²) in [4.78, 5) is 14.2. The number of aryl methyl sites for hydroxylation is 1. The monoisotopic (exact) mass is 466 g/mol. The maximum atomic E-state index is 4.76. The largest absolute Gasteiger partial charge is 0.351 e. The molecule has 0 aliphatic heterocycles. The maximum absolute atomic E-state index is 4.76. The van der Waals surface area contributed by atoms with Crippen LogP contribution in [0.2, 0.25) is 0 Å². The van der Waals surface area contributed by atoms with Crippen LogP contribution in [-0.2, 0) is 6.54 Å². The number of nitrogens with zero attached hydrogens (tertiary/aromatic N) is 3. The second-order valence-electron chi connectivity index (χ2n) is 9.56. The third-order valence-corrected chi connectivity index (χ3v) is 6.78. The fourth-order valence-corrected chi connectivity index (χ4v) is 4.80. The van der Waals surface area contributed by atoms with Crippen molar-refractivity contribution in [3.63, 3.8) is 0 Å². The number of benzene rings is 3. The Morgan fingerprint density at radius 1 is 0.800 bits per heavy atom. The van der Waals surface area contributed by atoms with Crippen molar-refractivity contribution in [2.24, 2.45) is 0 Å². The molecule has 4 aromatic rings. The van der Waals surface area contributed by atoms with Crippen LogP contribution in [0, 0.1) is 6.92 Å². The van der Waals surface area contributed by atoms with Gasteiger partial charge in [-0.2, -0.15) is 15.0 Å². The highest BCUT2D eigenvalue weighted by Gasteiger charge is 2.17. The van der Waals surface area contributed by atoms with Crippen molar-refractivity contribution in [2.75, 3.05) is 16.0 Å². The van der Waals surface area contributed by atoms with E-state index in [0.717, 1.165) is 12.8 Å². The van der Waals surface area contributed by atoms with E-state index < -0.39 is 0 Å². The molecular formula is C29H34N6. The number of rotatable bonds is 8. The van der Waals surface area contributed by atoms with E-state index in [1.165, 1.54) is 46.7 Å². The van der Waals surface area contributed by atoms with Crippen LogP contribution in [0.25, 0.3) is 10.8 Å². The predicted octanol–water partition coefficient (Wildman–Crippen LogP) is 6.86. The molecule has 0 saturated heterocycles. The first-order valence-electron chi connectivity index (χ1n) is 12.7. The number of hydrogen-bond acceptors (Lipinski definition) is 6. The lowest BCUT2D eigenvalue weighted by Crippen LogP contribution is -2.24. The van der Waals surface area contributed by atoms with Gasteiger partial charge in [-0.15, -0.1) is 0 Å². The standard InChI is InChI=1S/C29H34N6/c1-20-15-17-22(18-16-20)19-30-27-33-28(35-29(34-27)32-24-11-4-3-5-12-24)31-21(2)25-14-8-10-23-9-6-7-13-26(23)25/h6-10,13-18,21,24H,3-5,11-12,19H2,1-2H3,(H3,30,31,32,33,34,35). The molecule has 1 saturated carbocycles. The Morgan fingerprint density at radius 2 is 1.51 bits per heavy atom. The molecule has 1 aromatic heterocycles. The molecular weight excluding hydrogens is 432 g/mol.